The first kappa shape index (κ1) is 17.7. The smallest absolute Gasteiger partial charge is 0.315 e. The van der Waals surface area contributed by atoms with Crippen LogP contribution in [0.4, 0.5) is 4.79 Å². The molecular weight excluding hydrogens is 294 g/mol. The summed E-state index contributed by atoms with van der Waals surface area (Å²) in [7, 11) is 1.84. The SMILES string of the molecule is CC1CCN(CC(O)CNC(=O)NC(C)c2cnn(C)c2)CC1. The molecule has 7 nitrogen and oxygen atoms in total. The minimum absolute atomic E-state index is 0.121. The molecule has 2 unspecified atom stereocenters. The molecule has 1 aliphatic rings. The highest BCUT2D eigenvalue weighted by Gasteiger charge is 2.19. The van der Waals surface area contributed by atoms with Crippen molar-refractivity contribution >= 4 is 6.03 Å². The number of nitrogens with one attached hydrogen (secondary N) is 2. The van der Waals surface area contributed by atoms with E-state index in [4.69, 9.17) is 0 Å². The minimum atomic E-state index is -0.539. The molecule has 2 atom stereocenters. The van der Waals surface area contributed by atoms with Crippen LogP contribution < -0.4 is 10.6 Å². The third-order valence-corrected chi connectivity index (χ3v) is 4.42. The van der Waals surface area contributed by atoms with E-state index in [1.54, 1.807) is 10.9 Å². The van der Waals surface area contributed by atoms with Crippen molar-refractivity contribution in [2.45, 2.75) is 38.8 Å². The number of aromatic nitrogens is 2. The molecule has 130 valence electrons. The average molecular weight is 323 g/mol. The molecule has 2 amide bonds. The Morgan fingerprint density at radius 2 is 2.17 bits per heavy atom. The van der Waals surface area contributed by atoms with Gasteiger partial charge < -0.3 is 20.6 Å². The number of urea groups is 1. The molecule has 1 fully saturated rings. The Bertz CT molecular complexity index is 496. The Morgan fingerprint density at radius 3 is 2.78 bits per heavy atom. The second-order valence-electron chi connectivity index (χ2n) is 6.66. The zero-order valence-corrected chi connectivity index (χ0v) is 14.3. The molecule has 1 saturated heterocycles. The second-order valence-corrected chi connectivity index (χ2v) is 6.66. The lowest BCUT2D eigenvalue weighted by molar-refractivity contribution is 0.0919. The van der Waals surface area contributed by atoms with Gasteiger partial charge in [0.05, 0.1) is 18.3 Å². The van der Waals surface area contributed by atoms with Crippen molar-refractivity contribution in [1.29, 1.82) is 0 Å². The maximum Gasteiger partial charge on any atom is 0.315 e. The lowest BCUT2D eigenvalue weighted by atomic mass is 9.99. The van der Waals surface area contributed by atoms with Gasteiger partial charge >= 0.3 is 6.03 Å². The van der Waals surface area contributed by atoms with Crippen LogP contribution in [-0.4, -0.2) is 58.1 Å². The van der Waals surface area contributed by atoms with E-state index in [1.165, 1.54) is 12.8 Å². The van der Waals surface area contributed by atoms with Crippen LogP contribution >= 0.6 is 0 Å². The summed E-state index contributed by atoms with van der Waals surface area (Å²) in [6, 6.07) is -0.392. The molecular formula is C16H29N5O2. The normalized spacial score (nSPS) is 19.3. The molecule has 0 bridgehead atoms. The number of hydrogen-bond donors (Lipinski definition) is 3. The number of amides is 2. The van der Waals surface area contributed by atoms with E-state index in [-0.39, 0.29) is 18.6 Å². The Kier molecular flexibility index (Phi) is 6.41. The van der Waals surface area contributed by atoms with Gasteiger partial charge in [0.1, 0.15) is 0 Å². The van der Waals surface area contributed by atoms with Crippen LogP contribution in [0.1, 0.15) is 38.3 Å². The molecule has 0 saturated carbocycles. The number of carbonyl (C=O) groups is 1. The molecule has 1 aromatic rings. The summed E-state index contributed by atoms with van der Waals surface area (Å²) in [4.78, 5) is 14.2. The highest BCUT2D eigenvalue weighted by molar-refractivity contribution is 5.74. The number of β-amino-alcohol motifs (C(OH)–C–C–N with tert-alkyl or cyclic N) is 1. The van der Waals surface area contributed by atoms with Gasteiger partial charge in [-0.1, -0.05) is 6.92 Å². The summed E-state index contributed by atoms with van der Waals surface area (Å²) in [5, 5.41) is 19.7. The van der Waals surface area contributed by atoms with Crippen molar-refractivity contribution in [2.75, 3.05) is 26.2 Å². The number of nitrogens with zero attached hydrogens (tertiary/aromatic N) is 3. The number of aliphatic hydroxyl groups is 1. The van der Waals surface area contributed by atoms with E-state index < -0.39 is 6.10 Å². The van der Waals surface area contributed by atoms with Crippen LogP contribution in [0.3, 0.4) is 0 Å². The van der Waals surface area contributed by atoms with Crippen LogP contribution in [0.25, 0.3) is 0 Å². The topological polar surface area (TPSA) is 82.4 Å². The Labute approximate surface area is 138 Å². The van der Waals surface area contributed by atoms with Crippen LogP contribution in [0.5, 0.6) is 0 Å². The molecule has 2 heterocycles. The molecule has 7 heteroatoms. The molecule has 2 rings (SSSR count). The van der Waals surface area contributed by atoms with E-state index in [0.29, 0.717) is 6.54 Å². The standard InChI is InChI=1S/C16H29N5O2/c1-12-4-6-21(7-5-12)11-15(22)9-17-16(23)19-13(2)14-8-18-20(3)10-14/h8,10,12-13,15,22H,4-7,9,11H2,1-3H3,(H2,17,19,23). The van der Waals surface area contributed by atoms with Gasteiger partial charge in [-0.3, -0.25) is 4.68 Å². The minimum Gasteiger partial charge on any atom is -0.390 e. The fraction of sp³-hybridized carbons (Fsp3) is 0.750. The molecule has 0 radical (unpaired) electrons. The van der Waals surface area contributed by atoms with Crippen LogP contribution in [0.15, 0.2) is 12.4 Å². The van der Waals surface area contributed by atoms with Gasteiger partial charge in [0.25, 0.3) is 0 Å². The van der Waals surface area contributed by atoms with Crippen molar-refractivity contribution in [3.05, 3.63) is 18.0 Å². The van der Waals surface area contributed by atoms with Gasteiger partial charge in [0.2, 0.25) is 0 Å². The predicted molar refractivity (Wildman–Crippen MR) is 89.0 cm³/mol. The number of aryl methyl sites for hydroxylation is 1. The van der Waals surface area contributed by atoms with Gasteiger partial charge in [-0.2, -0.15) is 5.10 Å². The summed E-state index contributed by atoms with van der Waals surface area (Å²) in [6.45, 7) is 7.11. The van der Waals surface area contributed by atoms with Gasteiger partial charge in [-0.15, -0.1) is 0 Å². The summed E-state index contributed by atoms with van der Waals surface area (Å²) < 4.78 is 1.70. The summed E-state index contributed by atoms with van der Waals surface area (Å²) in [5.74, 6) is 0.779. The maximum atomic E-state index is 11.9. The van der Waals surface area contributed by atoms with E-state index in [0.717, 1.165) is 24.6 Å². The van der Waals surface area contributed by atoms with Crippen molar-refractivity contribution in [1.82, 2.24) is 25.3 Å². The number of aliphatic hydroxyl groups excluding tert-OH is 1. The first-order valence-corrected chi connectivity index (χ1v) is 8.37. The summed E-state index contributed by atoms with van der Waals surface area (Å²) >= 11 is 0. The van der Waals surface area contributed by atoms with Crippen LogP contribution in [-0.2, 0) is 7.05 Å². The molecule has 3 N–H and O–H groups in total. The number of piperidine rings is 1. The van der Waals surface area contributed by atoms with Gasteiger partial charge in [-0.25, -0.2) is 4.79 Å². The number of rotatable bonds is 6. The van der Waals surface area contributed by atoms with Gasteiger partial charge in [0.15, 0.2) is 0 Å². The quantitative estimate of drug-likeness (QED) is 0.725. The van der Waals surface area contributed by atoms with Crippen LogP contribution in [0.2, 0.25) is 0 Å². The Balaban J connectivity index is 1.65. The second kappa shape index (κ2) is 8.31. The van der Waals surface area contributed by atoms with Crippen molar-refractivity contribution in [3.8, 4) is 0 Å². The zero-order valence-electron chi connectivity index (χ0n) is 14.3. The van der Waals surface area contributed by atoms with E-state index in [2.05, 4.69) is 27.6 Å². The molecule has 0 aromatic carbocycles. The monoisotopic (exact) mass is 323 g/mol. The van der Waals surface area contributed by atoms with E-state index in [1.807, 2.05) is 20.2 Å². The van der Waals surface area contributed by atoms with Crippen LogP contribution in [0, 0.1) is 5.92 Å². The molecule has 1 aromatic heterocycles. The zero-order chi connectivity index (χ0) is 16.8. The van der Waals surface area contributed by atoms with Crippen molar-refractivity contribution in [2.24, 2.45) is 13.0 Å². The fourth-order valence-corrected chi connectivity index (χ4v) is 2.81. The number of likely N-dealkylation sites (tertiary alicyclic amines) is 1. The molecule has 1 aliphatic heterocycles. The molecule has 23 heavy (non-hydrogen) atoms. The lowest BCUT2D eigenvalue weighted by Crippen LogP contribution is -2.45. The fourth-order valence-electron chi connectivity index (χ4n) is 2.81. The largest absolute Gasteiger partial charge is 0.390 e. The molecule has 0 spiro atoms. The third kappa shape index (κ3) is 5.84. The first-order valence-electron chi connectivity index (χ1n) is 8.37. The average Bonchev–Trinajstić information content (AvgIpc) is 2.94. The van der Waals surface area contributed by atoms with Crippen molar-refractivity contribution in [3.63, 3.8) is 0 Å². The maximum absolute atomic E-state index is 11.9. The number of hydrogen-bond acceptors (Lipinski definition) is 4. The van der Waals surface area contributed by atoms with E-state index in [9.17, 15) is 9.90 Å². The lowest BCUT2D eigenvalue weighted by Gasteiger charge is -2.31. The van der Waals surface area contributed by atoms with Gasteiger partial charge in [-0.05, 0) is 38.8 Å². The summed E-state index contributed by atoms with van der Waals surface area (Å²) in [6.07, 6.45) is 5.43. The van der Waals surface area contributed by atoms with Gasteiger partial charge in [0, 0.05) is 31.9 Å². The highest BCUT2D eigenvalue weighted by Crippen LogP contribution is 2.15. The van der Waals surface area contributed by atoms with E-state index >= 15 is 0 Å². The Morgan fingerprint density at radius 1 is 1.48 bits per heavy atom. The number of carbonyl (C=O) groups excluding carboxylic acids is 1. The van der Waals surface area contributed by atoms with Crippen molar-refractivity contribution < 1.29 is 9.90 Å². The Hall–Kier alpha value is -1.60. The summed E-state index contributed by atoms with van der Waals surface area (Å²) in [5.41, 5.74) is 0.950. The highest BCUT2D eigenvalue weighted by atomic mass is 16.3. The third-order valence-electron chi connectivity index (χ3n) is 4.42. The predicted octanol–water partition coefficient (Wildman–Crippen LogP) is 0.873. The first-order chi connectivity index (χ1) is 10.9. The molecule has 0 aliphatic carbocycles.